The van der Waals surface area contributed by atoms with Crippen LogP contribution >= 0.6 is 0 Å². The molecule has 0 aliphatic carbocycles. The standard InChI is InChI=1S/C26H31N3O7S/c1-19(2)11-7-4-5-10-14-24(30)27-18-20-15-16-22(23(17-20)34-3)35-25-26(29(31)36-28-25)37(32,33)21-12-8-6-9-13-21/h6-9,11-13,15-17,19H,4-5,10,14,18H2,1-3H3,(H,27,30)/b11-7+. The number of carbonyl (C=O) groups is 1. The number of hydrogen-bond donors (Lipinski definition) is 1. The van der Waals surface area contributed by atoms with Crippen molar-refractivity contribution < 1.29 is 32.2 Å². The van der Waals surface area contributed by atoms with Crippen LogP contribution in [0.15, 0.2) is 75.2 Å². The van der Waals surface area contributed by atoms with Gasteiger partial charge in [-0.3, -0.25) is 9.42 Å². The zero-order chi connectivity index (χ0) is 26.8. The second-order valence-electron chi connectivity index (χ2n) is 8.64. The first-order chi connectivity index (χ1) is 17.7. The van der Waals surface area contributed by atoms with Crippen LogP contribution in [0.3, 0.4) is 0 Å². The lowest BCUT2D eigenvalue weighted by Crippen LogP contribution is -2.30. The van der Waals surface area contributed by atoms with E-state index in [0.717, 1.165) is 24.8 Å². The van der Waals surface area contributed by atoms with Crippen molar-refractivity contribution in [2.45, 2.75) is 56.0 Å². The molecule has 1 heterocycles. The second kappa shape index (κ2) is 12.9. The Morgan fingerprint density at radius 3 is 2.62 bits per heavy atom. The summed E-state index contributed by atoms with van der Waals surface area (Å²) >= 11 is 0. The third-order valence-corrected chi connectivity index (χ3v) is 7.05. The summed E-state index contributed by atoms with van der Waals surface area (Å²) in [6.07, 6.45) is 7.45. The van der Waals surface area contributed by atoms with E-state index >= 15 is 0 Å². The minimum absolute atomic E-state index is 0.0505. The first kappa shape index (κ1) is 27.7. The number of carbonyl (C=O) groups excluding carboxylic acids is 1. The number of rotatable bonds is 13. The number of unbranched alkanes of at least 4 members (excludes halogenated alkanes) is 2. The van der Waals surface area contributed by atoms with Gasteiger partial charge in [0.05, 0.1) is 17.2 Å². The summed E-state index contributed by atoms with van der Waals surface area (Å²) in [7, 11) is -2.85. The quantitative estimate of drug-likeness (QED) is 0.196. The fourth-order valence-corrected chi connectivity index (χ4v) is 4.71. The van der Waals surface area contributed by atoms with Gasteiger partial charge in [0.15, 0.2) is 11.5 Å². The second-order valence-corrected chi connectivity index (χ2v) is 10.5. The Hall–Kier alpha value is -3.86. The van der Waals surface area contributed by atoms with Crippen molar-refractivity contribution in [3.05, 3.63) is 71.5 Å². The van der Waals surface area contributed by atoms with Crippen molar-refractivity contribution in [1.82, 2.24) is 10.5 Å². The van der Waals surface area contributed by atoms with E-state index in [4.69, 9.17) is 9.47 Å². The first-order valence-electron chi connectivity index (χ1n) is 11.9. The third-order valence-electron chi connectivity index (χ3n) is 5.32. The number of hydrogen-bond acceptors (Lipinski definition) is 8. The molecular weight excluding hydrogens is 498 g/mol. The highest BCUT2D eigenvalue weighted by molar-refractivity contribution is 7.91. The number of amides is 1. The Morgan fingerprint density at radius 2 is 1.92 bits per heavy atom. The average molecular weight is 530 g/mol. The molecule has 0 atom stereocenters. The number of allylic oxidation sites excluding steroid dienone is 2. The van der Waals surface area contributed by atoms with Crippen LogP contribution in [0.2, 0.25) is 0 Å². The first-order valence-corrected chi connectivity index (χ1v) is 13.4. The van der Waals surface area contributed by atoms with Crippen LogP contribution in [-0.4, -0.2) is 26.6 Å². The van der Waals surface area contributed by atoms with Gasteiger partial charge in [-0.1, -0.05) is 50.3 Å². The fraction of sp³-hybridized carbons (Fsp3) is 0.346. The van der Waals surface area contributed by atoms with E-state index in [0.29, 0.717) is 12.3 Å². The zero-order valence-corrected chi connectivity index (χ0v) is 21.9. The van der Waals surface area contributed by atoms with Crippen LogP contribution in [0, 0.1) is 11.1 Å². The highest BCUT2D eigenvalue weighted by Gasteiger charge is 2.36. The maximum absolute atomic E-state index is 13.0. The van der Waals surface area contributed by atoms with E-state index in [1.54, 1.807) is 18.2 Å². The van der Waals surface area contributed by atoms with Gasteiger partial charge in [-0.2, -0.15) is 0 Å². The van der Waals surface area contributed by atoms with E-state index in [9.17, 15) is 18.4 Å². The van der Waals surface area contributed by atoms with Gasteiger partial charge in [-0.05, 0) is 59.9 Å². The fourth-order valence-electron chi connectivity index (χ4n) is 3.43. The van der Waals surface area contributed by atoms with Crippen molar-refractivity contribution in [1.29, 1.82) is 0 Å². The van der Waals surface area contributed by atoms with Crippen LogP contribution in [0.4, 0.5) is 0 Å². The molecule has 1 aromatic heterocycles. The molecule has 3 rings (SSSR count). The van der Waals surface area contributed by atoms with Crippen LogP contribution in [0.25, 0.3) is 0 Å². The lowest BCUT2D eigenvalue weighted by Gasteiger charge is -2.11. The molecule has 1 amide bonds. The van der Waals surface area contributed by atoms with Crippen LogP contribution < -0.4 is 19.7 Å². The highest BCUT2D eigenvalue weighted by atomic mass is 32.2. The summed E-state index contributed by atoms with van der Waals surface area (Å²) in [5.74, 6) is 0.324. The Kier molecular flexibility index (Phi) is 9.67. The van der Waals surface area contributed by atoms with Gasteiger partial charge in [-0.25, -0.2) is 8.42 Å². The molecule has 0 bridgehead atoms. The number of nitrogens with one attached hydrogen (secondary N) is 1. The molecule has 0 aliphatic heterocycles. The number of aromatic nitrogens is 2. The van der Waals surface area contributed by atoms with Crippen molar-refractivity contribution in [2.24, 2.45) is 5.92 Å². The normalized spacial score (nSPS) is 11.7. The predicted octanol–water partition coefficient (Wildman–Crippen LogP) is 4.33. The van der Waals surface area contributed by atoms with Crippen molar-refractivity contribution in [3.63, 3.8) is 0 Å². The van der Waals surface area contributed by atoms with Crippen LogP contribution in [-0.2, 0) is 21.2 Å². The Morgan fingerprint density at radius 1 is 1.16 bits per heavy atom. The number of methoxy groups -OCH3 is 1. The van der Waals surface area contributed by atoms with Gasteiger partial charge >= 0.3 is 10.9 Å². The van der Waals surface area contributed by atoms with Gasteiger partial charge < -0.3 is 20.0 Å². The summed E-state index contributed by atoms with van der Waals surface area (Å²) < 4.78 is 41.4. The van der Waals surface area contributed by atoms with Gasteiger partial charge in [0.1, 0.15) is 0 Å². The van der Waals surface area contributed by atoms with Crippen LogP contribution in [0.1, 0.15) is 45.1 Å². The molecule has 0 saturated carbocycles. The molecule has 11 heteroatoms. The number of nitrogens with zero attached hydrogens (tertiary/aromatic N) is 2. The molecule has 0 saturated heterocycles. The molecule has 0 radical (unpaired) electrons. The van der Waals surface area contributed by atoms with E-state index in [2.05, 4.69) is 41.1 Å². The van der Waals surface area contributed by atoms with E-state index in [-0.39, 0.29) is 33.7 Å². The van der Waals surface area contributed by atoms with Gasteiger partial charge in [0.2, 0.25) is 5.91 Å². The third kappa shape index (κ3) is 7.56. The summed E-state index contributed by atoms with van der Waals surface area (Å²) in [6, 6.07) is 12.3. The summed E-state index contributed by atoms with van der Waals surface area (Å²) in [4.78, 5) is 11.9. The maximum Gasteiger partial charge on any atom is 0.420 e. The summed E-state index contributed by atoms with van der Waals surface area (Å²) in [5, 5.41) is 17.7. The lowest BCUT2D eigenvalue weighted by molar-refractivity contribution is -0.832. The Balaban J connectivity index is 1.64. The molecule has 198 valence electrons. The highest BCUT2D eigenvalue weighted by Crippen LogP contribution is 2.34. The van der Waals surface area contributed by atoms with Gasteiger partial charge in [-0.15, -0.1) is 0 Å². The Bertz CT molecular complexity index is 1320. The van der Waals surface area contributed by atoms with Crippen molar-refractivity contribution >= 4 is 15.7 Å². The van der Waals surface area contributed by atoms with E-state index in [1.165, 1.54) is 37.4 Å². The maximum atomic E-state index is 13.0. The molecule has 0 fully saturated rings. The number of benzene rings is 2. The van der Waals surface area contributed by atoms with Gasteiger partial charge in [0.25, 0.3) is 9.84 Å². The van der Waals surface area contributed by atoms with Crippen molar-refractivity contribution in [3.8, 4) is 17.4 Å². The van der Waals surface area contributed by atoms with Crippen LogP contribution in [0.5, 0.6) is 17.4 Å². The van der Waals surface area contributed by atoms with E-state index < -0.39 is 20.7 Å². The largest absolute Gasteiger partial charge is 0.493 e. The Labute approximate surface area is 216 Å². The monoisotopic (exact) mass is 529 g/mol. The predicted molar refractivity (Wildman–Crippen MR) is 135 cm³/mol. The number of ether oxygens (including phenoxy) is 2. The molecular formula is C26H31N3O7S. The molecule has 1 N–H and O–H groups in total. The lowest BCUT2D eigenvalue weighted by atomic mass is 10.1. The van der Waals surface area contributed by atoms with E-state index in [1.807, 2.05) is 0 Å². The average Bonchev–Trinajstić information content (AvgIpc) is 3.26. The summed E-state index contributed by atoms with van der Waals surface area (Å²) in [5.41, 5.74) is 0.744. The van der Waals surface area contributed by atoms with Gasteiger partial charge in [0, 0.05) is 13.0 Å². The zero-order valence-electron chi connectivity index (χ0n) is 21.0. The molecule has 0 unspecified atom stereocenters. The SMILES string of the molecule is COc1cc(CNC(=O)CCCC/C=C/C(C)C)ccc1Oc1no[n+]([O-])c1S(=O)(=O)c1ccccc1. The molecule has 37 heavy (non-hydrogen) atoms. The molecule has 10 nitrogen and oxygen atoms in total. The molecule has 0 spiro atoms. The van der Waals surface area contributed by atoms with Crippen molar-refractivity contribution in [2.75, 3.05) is 7.11 Å². The molecule has 2 aromatic carbocycles. The number of sulfone groups is 1. The minimum atomic E-state index is -4.26. The summed E-state index contributed by atoms with van der Waals surface area (Å²) in [6.45, 7) is 4.53. The smallest absolute Gasteiger partial charge is 0.420 e. The topological polar surface area (TPSA) is 135 Å². The molecule has 0 aliphatic rings. The molecule has 3 aromatic rings. The minimum Gasteiger partial charge on any atom is -0.493 e.